The second kappa shape index (κ2) is 4.14. The highest BCUT2D eigenvalue weighted by molar-refractivity contribution is 5.57. The number of rotatable bonds is 1. The van der Waals surface area contributed by atoms with Gasteiger partial charge >= 0.3 is 0 Å². The molecule has 0 atom stereocenters. The number of hydrogen-bond donors (Lipinski definition) is 1. The summed E-state index contributed by atoms with van der Waals surface area (Å²) in [5, 5.41) is 3.25. The van der Waals surface area contributed by atoms with Gasteiger partial charge in [0.05, 0.1) is 5.69 Å². The van der Waals surface area contributed by atoms with Crippen LogP contribution in [0.4, 0.5) is 4.39 Å². The fraction of sp³-hybridized carbons (Fsp3) is 0.286. The number of nitrogens with one attached hydrogen (secondary N) is 1. The zero-order valence-electron chi connectivity index (χ0n) is 10.4. The van der Waals surface area contributed by atoms with Gasteiger partial charge in [-0.25, -0.2) is 14.4 Å². The first kappa shape index (κ1) is 11.3. The van der Waals surface area contributed by atoms with Crippen LogP contribution < -0.4 is 5.32 Å². The summed E-state index contributed by atoms with van der Waals surface area (Å²) >= 11 is 0. The second-order valence-corrected chi connectivity index (χ2v) is 4.68. The first-order valence-electron chi connectivity index (χ1n) is 5.98. The molecule has 1 aliphatic rings. The van der Waals surface area contributed by atoms with Gasteiger partial charge < -0.3 is 5.32 Å². The van der Waals surface area contributed by atoms with Crippen molar-refractivity contribution < 1.29 is 4.39 Å². The van der Waals surface area contributed by atoms with Gasteiger partial charge in [-0.05, 0) is 37.6 Å². The first-order valence-corrected chi connectivity index (χ1v) is 5.98. The molecule has 0 spiro atoms. The van der Waals surface area contributed by atoms with Crippen LogP contribution >= 0.6 is 0 Å². The summed E-state index contributed by atoms with van der Waals surface area (Å²) in [6, 6.07) is 4.90. The third-order valence-corrected chi connectivity index (χ3v) is 3.19. The van der Waals surface area contributed by atoms with E-state index in [0.29, 0.717) is 5.82 Å². The van der Waals surface area contributed by atoms with E-state index in [9.17, 15) is 4.39 Å². The molecule has 4 heteroatoms. The highest BCUT2D eigenvalue weighted by Gasteiger charge is 2.17. The normalized spacial score (nSPS) is 13.7. The summed E-state index contributed by atoms with van der Waals surface area (Å²) < 4.78 is 13.4. The number of fused-ring (bicyclic) bond motifs is 1. The Bertz CT molecular complexity index is 602. The van der Waals surface area contributed by atoms with E-state index in [1.54, 1.807) is 0 Å². The summed E-state index contributed by atoms with van der Waals surface area (Å²) in [4.78, 5) is 9.01. The number of nitrogens with zero attached hydrogens (tertiary/aromatic N) is 2. The van der Waals surface area contributed by atoms with Gasteiger partial charge in [-0.2, -0.15) is 0 Å². The van der Waals surface area contributed by atoms with E-state index in [2.05, 4.69) is 15.3 Å². The van der Waals surface area contributed by atoms with E-state index >= 15 is 0 Å². The van der Waals surface area contributed by atoms with Gasteiger partial charge in [0.15, 0.2) is 5.82 Å². The Hall–Kier alpha value is -1.81. The molecule has 92 valence electrons. The summed E-state index contributed by atoms with van der Waals surface area (Å²) in [6.45, 7) is 5.43. The lowest BCUT2D eigenvalue weighted by atomic mass is 10.1. The maximum Gasteiger partial charge on any atom is 0.159 e. The van der Waals surface area contributed by atoms with Crippen molar-refractivity contribution >= 4 is 0 Å². The monoisotopic (exact) mass is 243 g/mol. The van der Waals surface area contributed by atoms with Crippen molar-refractivity contribution in [3.8, 4) is 11.4 Å². The minimum absolute atomic E-state index is 0.245. The van der Waals surface area contributed by atoms with Crippen LogP contribution in [0.25, 0.3) is 11.4 Å². The molecule has 0 unspecified atom stereocenters. The molecule has 3 nitrogen and oxygen atoms in total. The van der Waals surface area contributed by atoms with Gasteiger partial charge in [-0.15, -0.1) is 0 Å². The van der Waals surface area contributed by atoms with Crippen molar-refractivity contribution in [2.24, 2.45) is 0 Å². The number of benzene rings is 1. The Morgan fingerprint density at radius 1 is 1.11 bits per heavy atom. The van der Waals surface area contributed by atoms with Gasteiger partial charge in [0.25, 0.3) is 0 Å². The van der Waals surface area contributed by atoms with Gasteiger partial charge in [-0.3, -0.25) is 0 Å². The third-order valence-electron chi connectivity index (χ3n) is 3.19. The van der Waals surface area contributed by atoms with E-state index < -0.39 is 0 Å². The van der Waals surface area contributed by atoms with Crippen molar-refractivity contribution in [1.82, 2.24) is 15.3 Å². The fourth-order valence-electron chi connectivity index (χ4n) is 2.33. The van der Waals surface area contributed by atoms with Crippen molar-refractivity contribution in [2.45, 2.75) is 26.9 Å². The molecule has 2 aromatic rings. The topological polar surface area (TPSA) is 37.8 Å². The molecular weight excluding hydrogens is 229 g/mol. The summed E-state index contributed by atoms with van der Waals surface area (Å²) in [5.74, 6) is 0.363. The molecule has 0 radical (unpaired) electrons. The van der Waals surface area contributed by atoms with Crippen molar-refractivity contribution in [2.75, 3.05) is 0 Å². The molecule has 18 heavy (non-hydrogen) atoms. The molecule has 0 saturated heterocycles. The highest BCUT2D eigenvalue weighted by atomic mass is 19.1. The molecule has 1 N–H and O–H groups in total. The quantitative estimate of drug-likeness (QED) is 0.836. The zero-order valence-corrected chi connectivity index (χ0v) is 10.4. The molecule has 0 saturated carbocycles. The van der Waals surface area contributed by atoms with Crippen LogP contribution in [-0.2, 0) is 13.1 Å². The predicted molar refractivity (Wildman–Crippen MR) is 67.4 cm³/mol. The number of aromatic nitrogens is 2. The van der Waals surface area contributed by atoms with Crippen LogP contribution in [0.5, 0.6) is 0 Å². The number of hydrogen-bond acceptors (Lipinski definition) is 3. The standard InChI is InChI=1S/C14H14FN3/c1-8-3-10(5-11(15)4-8)14-17-9(2)12-6-16-7-13(12)18-14/h3-5,16H,6-7H2,1-2H3. The minimum atomic E-state index is -0.245. The molecule has 0 fully saturated rings. The Balaban J connectivity index is 2.15. The second-order valence-electron chi connectivity index (χ2n) is 4.68. The fourth-order valence-corrected chi connectivity index (χ4v) is 2.33. The average Bonchev–Trinajstić information content (AvgIpc) is 2.76. The Morgan fingerprint density at radius 2 is 1.94 bits per heavy atom. The van der Waals surface area contributed by atoms with Crippen LogP contribution in [0.15, 0.2) is 18.2 Å². The first-order chi connectivity index (χ1) is 8.63. The van der Waals surface area contributed by atoms with Crippen molar-refractivity contribution in [3.05, 3.63) is 46.5 Å². The molecule has 0 amide bonds. The molecular formula is C14H14FN3. The lowest BCUT2D eigenvalue weighted by Gasteiger charge is -2.07. The predicted octanol–water partition coefficient (Wildman–Crippen LogP) is 2.50. The zero-order chi connectivity index (χ0) is 12.7. The SMILES string of the molecule is Cc1cc(F)cc(-c2nc(C)c3c(n2)CNC3)c1. The van der Waals surface area contributed by atoms with Crippen molar-refractivity contribution in [1.29, 1.82) is 0 Å². The summed E-state index contributed by atoms with van der Waals surface area (Å²) in [7, 11) is 0. The van der Waals surface area contributed by atoms with Gasteiger partial charge in [0, 0.05) is 29.9 Å². The van der Waals surface area contributed by atoms with Gasteiger partial charge in [0.2, 0.25) is 0 Å². The molecule has 3 rings (SSSR count). The van der Waals surface area contributed by atoms with Crippen LogP contribution in [0, 0.1) is 19.7 Å². The third kappa shape index (κ3) is 1.88. The lowest BCUT2D eigenvalue weighted by Crippen LogP contribution is -2.00. The molecule has 1 aromatic heterocycles. The molecule has 0 aliphatic carbocycles. The largest absolute Gasteiger partial charge is 0.307 e. The molecule has 1 aromatic carbocycles. The Kier molecular flexibility index (Phi) is 2.59. The van der Waals surface area contributed by atoms with Gasteiger partial charge in [-0.1, -0.05) is 0 Å². The summed E-state index contributed by atoms with van der Waals surface area (Å²) in [6.07, 6.45) is 0. The van der Waals surface area contributed by atoms with E-state index in [4.69, 9.17) is 0 Å². The lowest BCUT2D eigenvalue weighted by molar-refractivity contribution is 0.627. The van der Waals surface area contributed by atoms with E-state index in [0.717, 1.165) is 35.6 Å². The maximum atomic E-state index is 13.4. The maximum absolute atomic E-state index is 13.4. The Morgan fingerprint density at radius 3 is 2.72 bits per heavy atom. The molecule has 1 aliphatic heterocycles. The summed E-state index contributed by atoms with van der Waals surface area (Å²) in [5.41, 5.74) is 4.79. The Labute approximate surface area is 105 Å². The average molecular weight is 243 g/mol. The minimum Gasteiger partial charge on any atom is -0.307 e. The van der Waals surface area contributed by atoms with Crippen LogP contribution in [-0.4, -0.2) is 9.97 Å². The van der Waals surface area contributed by atoms with Crippen LogP contribution in [0.2, 0.25) is 0 Å². The van der Waals surface area contributed by atoms with Gasteiger partial charge in [0.1, 0.15) is 5.82 Å². The number of halogens is 1. The van der Waals surface area contributed by atoms with E-state index in [1.807, 2.05) is 19.9 Å². The molecule has 2 heterocycles. The highest BCUT2D eigenvalue weighted by Crippen LogP contribution is 2.23. The van der Waals surface area contributed by atoms with Crippen LogP contribution in [0.3, 0.4) is 0 Å². The van der Waals surface area contributed by atoms with E-state index in [1.165, 1.54) is 17.7 Å². The number of aryl methyl sites for hydroxylation is 2. The van der Waals surface area contributed by atoms with Crippen LogP contribution in [0.1, 0.15) is 22.5 Å². The smallest absolute Gasteiger partial charge is 0.159 e. The molecule has 0 bridgehead atoms. The van der Waals surface area contributed by atoms with E-state index in [-0.39, 0.29) is 5.82 Å². The van der Waals surface area contributed by atoms with Crippen molar-refractivity contribution in [3.63, 3.8) is 0 Å².